The van der Waals surface area contributed by atoms with Gasteiger partial charge < -0.3 is 19.3 Å². The van der Waals surface area contributed by atoms with E-state index >= 15 is 0 Å². The third-order valence-corrected chi connectivity index (χ3v) is 2.61. The van der Waals surface area contributed by atoms with Gasteiger partial charge in [0, 0.05) is 33.0 Å². The van der Waals surface area contributed by atoms with Crippen LogP contribution in [0.15, 0.2) is 12.7 Å². The fourth-order valence-electron chi connectivity index (χ4n) is 1.56. The number of esters is 1. The Hall–Kier alpha value is -0.910. The number of methoxy groups -OCH3 is 1. The van der Waals surface area contributed by atoms with Crippen molar-refractivity contribution in [3.63, 3.8) is 0 Å². The van der Waals surface area contributed by atoms with Crippen molar-refractivity contribution in [3.05, 3.63) is 12.7 Å². The summed E-state index contributed by atoms with van der Waals surface area (Å²) < 4.78 is 15.3. The quantitative estimate of drug-likeness (QED) is 0.314. The molecule has 0 aliphatic heterocycles. The van der Waals surface area contributed by atoms with Crippen molar-refractivity contribution in [2.45, 2.75) is 38.2 Å². The van der Waals surface area contributed by atoms with Crippen LogP contribution in [0, 0.1) is 0 Å². The number of rotatable bonds is 13. The molecule has 0 spiro atoms. The van der Waals surface area contributed by atoms with Crippen LogP contribution >= 0.6 is 0 Å². The van der Waals surface area contributed by atoms with E-state index in [2.05, 4.69) is 6.58 Å². The Balaban J connectivity index is 3.36. The summed E-state index contributed by atoms with van der Waals surface area (Å²) in [4.78, 5) is 11.0. The van der Waals surface area contributed by atoms with E-state index < -0.39 is 12.1 Å². The monoisotopic (exact) mass is 274 g/mol. The van der Waals surface area contributed by atoms with Crippen LogP contribution in [-0.4, -0.2) is 50.7 Å². The zero-order valence-corrected chi connectivity index (χ0v) is 11.8. The van der Waals surface area contributed by atoms with Crippen LogP contribution in [0.4, 0.5) is 0 Å². The number of ether oxygens (including phenoxy) is 3. The summed E-state index contributed by atoms with van der Waals surface area (Å²) in [5.41, 5.74) is 0. The second kappa shape index (κ2) is 13.5. The molecule has 0 aliphatic rings. The van der Waals surface area contributed by atoms with Gasteiger partial charge >= 0.3 is 5.97 Å². The highest BCUT2D eigenvalue weighted by molar-refractivity contribution is 5.81. The van der Waals surface area contributed by atoms with Crippen LogP contribution in [0.2, 0.25) is 0 Å². The van der Waals surface area contributed by atoms with E-state index in [1.54, 1.807) is 7.11 Å². The van der Waals surface area contributed by atoms with Crippen molar-refractivity contribution in [1.29, 1.82) is 0 Å². The Kier molecular flexibility index (Phi) is 12.9. The Bertz CT molecular complexity index is 230. The van der Waals surface area contributed by atoms with Gasteiger partial charge in [-0.15, -0.1) is 0 Å². The lowest BCUT2D eigenvalue weighted by Gasteiger charge is -2.14. The molecule has 0 radical (unpaired) electrons. The molecule has 0 aromatic rings. The molecule has 0 aliphatic carbocycles. The van der Waals surface area contributed by atoms with Gasteiger partial charge in [0.15, 0.2) is 0 Å². The lowest BCUT2D eigenvalue weighted by molar-refractivity contribution is -0.145. The van der Waals surface area contributed by atoms with Crippen LogP contribution in [-0.2, 0) is 19.0 Å². The summed E-state index contributed by atoms with van der Waals surface area (Å²) in [6, 6.07) is 0. The van der Waals surface area contributed by atoms with Gasteiger partial charge in [-0.3, -0.25) is 0 Å². The van der Waals surface area contributed by atoms with Crippen LogP contribution < -0.4 is 0 Å². The second-order valence-corrected chi connectivity index (χ2v) is 4.25. The minimum absolute atomic E-state index is 0.146. The van der Waals surface area contributed by atoms with E-state index in [1.807, 2.05) is 0 Å². The largest absolute Gasteiger partial charge is 0.457 e. The zero-order chi connectivity index (χ0) is 14.3. The standard InChI is InChI=1S/C14H26O5/c1-3-14(16)19-13(12-15)8-5-4-6-10-18-11-7-9-17-2/h3,13,15H,1,4-12H2,2H3. The van der Waals surface area contributed by atoms with Crippen molar-refractivity contribution in [3.8, 4) is 0 Å². The third-order valence-electron chi connectivity index (χ3n) is 2.61. The van der Waals surface area contributed by atoms with E-state index in [4.69, 9.17) is 19.3 Å². The maximum Gasteiger partial charge on any atom is 0.330 e. The summed E-state index contributed by atoms with van der Waals surface area (Å²) in [6.07, 6.45) is 5.13. The molecular weight excluding hydrogens is 248 g/mol. The number of aliphatic hydroxyl groups excluding tert-OH is 1. The molecule has 0 aromatic heterocycles. The lowest BCUT2D eigenvalue weighted by Crippen LogP contribution is -2.20. The first-order valence-corrected chi connectivity index (χ1v) is 6.75. The molecule has 112 valence electrons. The fraction of sp³-hybridized carbons (Fsp3) is 0.786. The molecule has 0 rings (SSSR count). The summed E-state index contributed by atoms with van der Waals surface area (Å²) in [7, 11) is 1.68. The molecule has 0 fully saturated rings. The van der Waals surface area contributed by atoms with Gasteiger partial charge in [0.05, 0.1) is 6.61 Å². The van der Waals surface area contributed by atoms with E-state index in [1.165, 1.54) is 0 Å². The summed E-state index contributed by atoms with van der Waals surface area (Å²) in [5.74, 6) is -0.486. The highest BCUT2D eigenvalue weighted by Gasteiger charge is 2.10. The summed E-state index contributed by atoms with van der Waals surface area (Å²) >= 11 is 0. The predicted molar refractivity (Wildman–Crippen MR) is 72.9 cm³/mol. The average molecular weight is 274 g/mol. The Morgan fingerprint density at radius 1 is 1.21 bits per heavy atom. The number of unbranched alkanes of at least 4 members (excludes halogenated alkanes) is 2. The lowest BCUT2D eigenvalue weighted by atomic mass is 10.1. The Morgan fingerprint density at radius 3 is 2.58 bits per heavy atom. The van der Waals surface area contributed by atoms with E-state index in [-0.39, 0.29) is 6.61 Å². The van der Waals surface area contributed by atoms with Crippen molar-refractivity contribution in [1.82, 2.24) is 0 Å². The average Bonchev–Trinajstić information content (AvgIpc) is 2.43. The Morgan fingerprint density at radius 2 is 1.95 bits per heavy atom. The topological polar surface area (TPSA) is 65.0 Å². The Labute approximate surface area is 115 Å². The van der Waals surface area contributed by atoms with Gasteiger partial charge in [0.25, 0.3) is 0 Å². The molecular formula is C14H26O5. The molecule has 1 N–H and O–H groups in total. The highest BCUT2D eigenvalue weighted by atomic mass is 16.5. The molecule has 0 aromatic carbocycles. The van der Waals surface area contributed by atoms with Gasteiger partial charge in [-0.05, 0) is 25.7 Å². The number of aliphatic hydroxyl groups is 1. The predicted octanol–water partition coefficient (Wildman–Crippen LogP) is 1.69. The smallest absolute Gasteiger partial charge is 0.330 e. The highest BCUT2D eigenvalue weighted by Crippen LogP contribution is 2.07. The number of hydrogen-bond donors (Lipinski definition) is 1. The number of hydrogen-bond acceptors (Lipinski definition) is 5. The molecule has 0 heterocycles. The molecule has 5 nitrogen and oxygen atoms in total. The maximum atomic E-state index is 11.0. The van der Waals surface area contributed by atoms with Gasteiger partial charge in [0.1, 0.15) is 6.10 Å². The molecule has 1 unspecified atom stereocenters. The van der Waals surface area contributed by atoms with Crippen LogP contribution in [0.5, 0.6) is 0 Å². The minimum atomic E-state index is -0.486. The van der Waals surface area contributed by atoms with Gasteiger partial charge in [-0.2, -0.15) is 0 Å². The molecule has 1 atom stereocenters. The minimum Gasteiger partial charge on any atom is -0.457 e. The van der Waals surface area contributed by atoms with Crippen LogP contribution in [0.1, 0.15) is 32.1 Å². The molecule has 0 bridgehead atoms. The fourth-order valence-corrected chi connectivity index (χ4v) is 1.56. The molecule has 0 amide bonds. The van der Waals surface area contributed by atoms with E-state index in [0.717, 1.165) is 51.6 Å². The van der Waals surface area contributed by atoms with Gasteiger partial charge in [-0.25, -0.2) is 4.79 Å². The van der Waals surface area contributed by atoms with Crippen LogP contribution in [0.25, 0.3) is 0 Å². The molecule has 5 heteroatoms. The first-order chi connectivity index (χ1) is 9.24. The van der Waals surface area contributed by atoms with Crippen molar-refractivity contribution < 1.29 is 24.1 Å². The van der Waals surface area contributed by atoms with E-state index in [0.29, 0.717) is 6.42 Å². The molecule has 0 saturated heterocycles. The summed E-state index contributed by atoms with van der Waals surface area (Å²) in [5, 5.41) is 9.05. The molecule has 19 heavy (non-hydrogen) atoms. The first-order valence-electron chi connectivity index (χ1n) is 6.75. The second-order valence-electron chi connectivity index (χ2n) is 4.25. The zero-order valence-electron chi connectivity index (χ0n) is 11.8. The van der Waals surface area contributed by atoms with E-state index in [9.17, 15) is 4.79 Å². The van der Waals surface area contributed by atoms with Crippen LogP contribution in [0.3, 0.4) is 0 Å². The maximum absolute atomic E-state index is 11.0. The first kappa shape index (κ1) is 18.1. The van der Waals surface area contributed by atoms with Gasteiger partial charge in [-0.1, -0.05) is 13.0 Å². The van der Waals surface area contributed by atoms with Crippen molar-refractivity contribution in [2.75, 3.05) is 33.5 Å². The number of carbonyl (C=O) groups is 1. The normalized spacial score (nSPS) is 12.1. The summed E-state index contributed by atoms with van der Waals surface area (Å²) in [6.45, 7) is 5.36. The third kappa shape index (κ3) is 11.9. The van der Waals surface area contributed by atoms with Crippen molar-refractivity contribution >= 4 is 5.97 Å². The SMILES string of the molecule is C=CC(=O)OC(CO)CCCCCOCCCOC. The van der Waals surface area contributed by atoms with Crippen molar-refractivity contribution in [2.24, 2.45) is 0 Å². The van der Waals surface area contributed by atoms with Gasteiger partial charge in [0.2, 0.25) is 0 Å². The molecule has 0 saturated carbocycles. The number of carbonyl (C=O) groups excluding carboxylic acids is 1.